The topological polar surface area (TPSA) is 62.1 Å². The summed E-state index contributed by atoms with van der Waals surface area (Å²) in [6.07, 6.45) is 1.38. The third-order valence-corrected chi connectivity index (χ3v) is 5.45. The zero-order chi connectivity index (χ0) is 23.3. The van der Waals surface area contributed by atoms with E-state index in [2.05, 4.69) is 5.32 Å². The Hall–Kier alpha value is -2.68. The van der Waals surface area contributed by atoms with E-state index in [0.29, 0.717) is 31.9 Å². The lowest BCUT2D eigenvalue weighted by atomic mass is 10.1. The van der Waals surface area contributed by atoms with Gasteiger partial charge >= 0.3 is 0 Å². The Labute approximate surface area is 205 Å². The zero-order valence-electron chi connectivity index (χ0n) is 16.8. The number of carbonyl (C=O) groups excluding carboxylic acids is 1. The van der Waals surface area contributed by atoms with Gasteiger partial charge in [-0.1, -0.05) is 64.6 Å². The summed E-state index contributed by atoms with van der Waals surface area (Å²) in [5.41, 5.74) is 2.48. The Morgan fingerprint density at radius 3 is 2.47 bits per heavy atom. The number of ether oxygens (including phenoxy) is 1. The lowest BCUT2D eigenvalue weighted by Gasteiger charge is -2.13. The molecule has 0 radical (unpaired) electrons. The second kappa shape index (κ2) is 10.8. The Kier molecular flexibility index (Phi) is 8.06. The predicted molar refractivity (Wildman–Crippen MR) is 131 cm³/mol. The van der Waals surface area contributed by atoms with E-state index in [1.165, 1.54) is 12.1 Å². The summed E-state index contributed by atoms with van der Waals surface area (Å²) in [5.74, 6) is -0.306. The highest BCUT2D eigenvalue weighted by molar-refractivity contribution is 6.36. The molecule has 3 aromatic rings. The first kappa shape index (κ1) is 24.0. The van der Waals surface area contributed by atoms with Crippen molar-refractivity contribution < 1.29 is 9.53 Å². The van der Waals surface area contributed by atoms with E-state index >= 15 is 0 Å². The fraction of sp³-hybridized carbons (Fsp3) is 0.0833. The van der Waals surface area contributed by atoms with Crippen LogP contribution in [0.1, 0.15) is 16.7 Å². The number of benzene rings is 3. The molecule has 3 aromatic carbocycles. The van der Waals surface area contributed by atoms with Gasteiger partial charge in [-0.3, -0.25) is 4.79 Å². The third kappa shape index (κ3) is 6.18. The van der Waals surface area contributed by atoms with E-state index in [-0.39, 0.29) is 23.0 Å². The maximum atomic E-state index is 12.7. The predicted octanol–water partition coefficient (Wildman–Crippen LogP) is 7.73. The van der Waals surface area contributed by atoms with Gasteiger partial charge in [0.1, 0.15) is 24.0 Å². The monoisotopic (exact) mass is 504 g/mol. The van der Waals surface area contributed by atoms with Crippen LogP contribution < -0.4 is 10.1 Å². The molecule has 0 aliphatic heterocycles. The molecule has 1 N–H and O–H groups in total. The highest BCUT2D eigenvalue weighted by atomic mass is 35.5. The summed E-state index contributed by atoms with van der Waals surface area (Å²) in [7, 11) is 0. The second-order valence-corrected chi connectivity index (χ2v) is 8.51. The van der Waals surface area contributed by atoms with Crippen LogP contribution in [0.4, 0.5) is 5.69 Å². The van der Waals surface area contributed by atoms with Crippen molar-refractivity contribution in [3.05, 3.63) is 97.0 Å². The minimum absolute atomic E-state index is 0.0928. The van der Waals surface area contributed by atoms with Crippen LogP contribution in [0.5, 0.6) is 5.75 Å². The van der Waals surface area contributed by atoms with Gasteiger partial charge in [-0.15, -0.1) is 0 Å². The van der Waals surface area contributed by atoms with Crippen molar-refractivity contribution in [2.24, 2.45) is 0 Å². The number of nitriles is 1. The number of amides is 1. The Bertz CT molecular complexity index is 1250. The Morgan fingerprint density at radius 2 is 1.78 bits per heavy atom. The molecule has 32 heavy (non-hydrogen) atoms. The molecule has 0 unspecified atom stereocenters. The first-order valence-corrected chi connectivity index (χ1v) is 10.8. The van der Waals surface area contributed by atoms with Crippen molar-refractivity contribution in [3.8, 4) is 11.8 Å². The van der Waals surface area contributed by atoms with Gasteiger partial charge in [0.2, 0.25) is 0 Å². The van der Waals surface area contributed by atoms with Crippen LogP contribution in [0.15, 0.2) is 60.2 Å². The highest BCUT2D eigenvalue weighted by Crippen LogP contribution is 2.35. The molecule has 0 saturated heterocycles. The van der Waals surface area contributed by atoms with Crippen LogP contribution in [0.2, 0.25) is 20.1 Å². The number of anilines is 1. The van der Waals surface area contributed by atoms with E-state index in [1.54, 1.807) is 36.4 Å². The zero-order valence-corrected chi connectivity index (χ0v) is 19.8. The van der Waals surface area contributed by atoms with E-state index < -0.39 is 5.91 Å². The standard InChI is InChI=1S/C24H16Cl4N2O2/c1-14-3-2-4-20(7-14)30-24(31)17(12-29)8-16-9-19(26)11-22(28)23(16)32-13-15-5-6-18(25)10-21(15)27/h2-11H,13H2,1H3,(H,30,31)/b17-8+. The van der Waals surface area contributed by atoms with Crippen LogP contribution in [0, 0.1) is 18.3 Å². The Morgan fingerprint density at radius 1 is 1.03 bits per heavy atom. The van der Waals surface area contributed by atoms with Crippen molar-refractivity contribution in [2.75, 3.05) is 5.32 Å². The summed E-state index contributed by atoms with van der Waals surface area (Å²) in [4.78, 5) is 12.7. The van der Waals surface area contributed by atoms with Crippen LogP contribution in [-0.2, 0) is 11.4 Å². The molecule has 4 nitrogen and oxygen atoms in total. The maximum Gasteiger partial charge on any atom is 0.266 e. The summed E-state index contributed by atoms with van der Waals surface area (Å²) in [5, 5.41) is 13.8. The van der Waals surface area contributed by atoms with E-state index in [4.69, 9.17) is 51.1 Å². The van der Waals surface area contributed by atoms with Crippen molar-refractivity contribution in [2.45, 2.75) is 13.5 Å². The van der Waals surface area contributed by atoms with E-state index in [9.17, 15) is 10.1 Å². The van der Waals surface area contributed by atoms with Crippen molar-refractivity contribution in [1.29, 1.82) is 5.26 Å². The lowest BCUT2D eigenvalue weighted by Crippen LogP contribution is -2.13. The maximum absolute atomic E-state index is 12.7. The van der Waals surface area contributed by atoms with Gasteiger partial charge in [0.05, 0.1) is 5.02 Å². The number of hydrogen-bond acceptors (Lipinski definition) is 3. The number of nitrogens with one attached hydrogen (secondary N) is 1. The quantitative estimate of drug-likeness (QED) is 0.275. The molecular formula is C24H16Cl4N2O2. The molecule has 162 valence electrons. The fourth-order valence-corrected chi connectivity index (χ4v) is 3.88. The second-order valence-electron chi connectivity index (χ2n) is 6.82. The lowest BCUT2D eigenvalue weighted by molar-refractivity contribution is -0.112. The van der Waals surface area contributed by atoms with Crippen molar-refractivity contribution in [1.82, 2.24) is 0 Å². The average Bonchev–Trinajstić information content (AvgIpc) is 2.72. The molecule has 0 saturated carbocycles. The molecule has 3 rings (SSSR count). The molecule has 0 aromatic heterocycles. The highest BCUT2D eigenvalue weighted by Gasteiger charge is 2.15. The molecule has 0 heterocycles. The van der Waals surface area contributed by atoms with Gasteiger partial charge in [-0.2, -0.15) is 5.26 Å². The fourth-order valence-electron chi connectivity index (χ4n) is 2.85. The minimum Gasteiger partial charge on any atom is -0.487 e. The number of halogens is 4. The molecular weight excluding hydrogens is 490 g/mol. The van der Waals surface area contributed by atoms with E-state index in [0.717, 1.165) is 5.56 Å². The molecule has 1 amide bonds. The SMILES string of the molecule is Cc1cccc(NC(=O)/C(C#N)=C/c2cc(Cl)cc(Cl)c2OCc2ccc(Cl)cc2Cl)c1. The molecule has 8 heteroatoms. The number of aryl methyl sites for hydroxylation is 1. The first-order valence-electron chi connectivity index (χ1n) is 9.32. The first-order chi connectivity index (χ1) is 15.3. The molecule has 0 aliphatic rings. The van der Waals surface area contributed by atoms with Gasteiger partial charge in [0, 0.05) is 31.9 Å². The largest absolute Gasteiger partial charge is 0.487 e. The smallest absolute Gasteiger partial charge is 0.266 e. The van der Waals surface area contributed by atoms with Crippen molar-refractivity contribution >= 4 is 64.1 Å². The molecule has 0 fully saturated rings. The summed E-state index contributed by atoms with van der Waals surface area (Å²) in [6.45, 7) is 2.00. The van der Waals surface area contributed by atoms with Crippen LogP contribution in [0.3, 0.4) is 0 Å². The van der Waals surface area contributed by atoms with Gasteiger partial charge in [0.25, 0.3) is 5.91 Å². The molecule has 0 atom stereocenters. The normalized spacial score (nSPS) is 11.1. The van der Waals surface area contributed by atoms with Crippen LogP contribution in [0.25, 0.3) is 6.08 Å². The van der Waals surface area contributed by atoms with Gasteiger partial charge in [0.15, 0.2) is 0 Å². The summed E-state index contributed by atoms with van der Waals surface area (Å²) in [6, 6.07) is 17.3. The van der Waals surface area contributed by atoms with Gasteiger partial charge in [-0.05, 0) is 55.0 Å². The van der Waals surface area contributed by atoms with Crippen LogP contribution >= 0.6 is 46.4 Å². The molecule has 0 spiro atoms. The van der Waals surface area contributed by atoms with Gasteiger partial charge in [-0.25, -0.2) is 0 Å². The average molecular weight is 506 g/mol. The van der Waals surface area contributed by atoms with E-state index in [1.807, 2.05) is 25.1 Å². The summed E-state index contributed by atoms with van der Waals surface area (Å²) >= 11 is 24.6. The number of rotatable bonds is 6. The van der Waals surface area contributed by atoms with Crippen molar-refractivity contribution in [3.63, 3.8) is 0 Å². The molecule has 0 aliphatic carbocycles. The third-order valence-electron chi connectivity index (χ3n) is 4.37. The number of nitrogens with zero attached hydrogens (tertiary/aromatic N) is 1. The molecule has 0 bridgehead atoms. The number of carbonyl (C=O) groups is 1. The van der Waals surface area contributed by atoms with Crippen LogP contribution in [-0.4, -0.2) is 5.91 Å². The minimum atomic E-state index is -0.569. The van der Waals surface area contributed by atoms with Gasteiger partial charge < -0.3 is 10.1 Å². The number of hydrogen-bond donors (Lipinski definition) is 1. The summed E-state index contributed by atoms with van der Waals surface area (Å²) < 4.78 is 5.89. The Balaban J connectivity index is 1.90.